The minimum Gasteiger partial charge on any atom is -0.748 e. The summed E-state index contributed by atoms with van der Waals surface area (Å²) in [4.78, 5) is 64.4. The molecule has 0 atom stereocenters. The average molecular weight is 1190 g/mol. The number of amides is 2. The number of aryl methyl sites for hydroxylation is 2. The molecule has 0 radical (unpaired) electrons. The van der Waals surface area contributed by atoms with Crippen molar-refractivity contribution in [1.29, 1.82) is 0 Å². The van der Waals surface area contributed by atoms with Crippen molar-refractivity contribution < 1.29 is 149 Å². The van der Waals surface area contributed by atoms with Crippen LogP contribution in [0.2, 0.25) is 0 Å². The van der Waals surface area contributed by atoms with Crippen LogP contribution in [0.5, 0.6) is 0 Å². The molecule has 0 unspecified atom stereocenters. The SMILES string of the molecule is Cc1ccnc(-c2cc(CCCC(=O)ON3C(=O)CCC3=O)ccn2)c1.O=S(=O)([O-])Cc1ccnc(-c2cc(CS(=O)(=O)[O-])ccn2)c1.O=S(=O)=O.[CH2-]c1ccnc(-c2cc(CS(=O)(=O)[O-])ccn2)c1.[Na+].[Na+].[Ru]. The summed E-state index contributed by atoms with van der Waals surface area (Å²) in [6.45, 7) is 5.77. The molecule has 0 saturated carbocycles. The molecule has 7 heterocycles. The molecule has 1 aliphatic rings. The van der Waals surface area contributed by atoms with Crippen LogP contribution in [0, 0.1) is 13.8 Å². The van der Waals surface area contributed by atoms with E-state index in [1.165, 1.54) is 55.0 Å². The van der Waals surface area contributed by atoms with E-state index in [1.807, 2.05) is 31.2 Å². The van der Waals surface area contributed by atoms with Gasteiger partial charge in [0.05, 0.1) is 76.1 Å². The van der Waals surface area contributed by atoms with Crippen molar-refractivity contribution >= 4 is 58.7 Å². The topological polar surface area (TPSA) is 364 Å². The number of pyridine rings is 6. The molecule has 0 aromatic carbocycles. The monoisotopic (exact) mass is 1190 g/mol. The van der Waals surface area contributed by atoms with Gasteiger partial charge in [-0.2, -0.15) is 12.5 Å². The summed E-state index contributed by atoms with van der Waals surface area (Å²) >= 11 is 0. The maximum Gasteiger partial charge on any atom is 1.00 e. The minimum absolute atomic E-state index is 0. The second-order valence-corrected chi connectivity index (χ2v) is 19.3. The largest absolute Gasteiger partial charge is 1.00 e. The first-order valence-electron chi connectivity index (χ1n) is 20.0. The van der Waals surface area contributed by atoms with Gasteiger partial charge in [-0.25, -0.2) is 30.0 Å². The second kappa shape index (κ2) is 31.3. The Morgan fingerprint density at radius 3 is 1.25 bits per heavy atom. The van der Waals surface area contributed by atoms with Crippen LogP contribution in [0.4, 0.5) is 0 Å². The molecule has 2 amide bonds. The molecule has 1 aliphatic heterocycles. The van der Waals surface area contributed by atoms with Gasteiger partial charge in [0.15, 0.2) is 0 Å². The Labute approximate surface area is 479 Å². The Balaban J connectivity index is 0.000000524. The maximum absolute atomic E-state index is 11.8. The summed E-state index contributed by atoms with van der Waals surface area (Å²) in [6, 6.07) is 19.7. The maximum atomic E-state index is 11.8. The third-order valence-electron chi connectivity index (χ3n) is 8.90. The van der Waals surface area contributed by atoms with Crippen LogP contribution in [0.15, 0.2) is 110 Å². The van der Waals surface area contributed by atoms with E-state index in [1.54, 1.807) is 30.7 Å². The van der Waals surface area contributed by atoms with Crippen LogP contribution < -0.4 is 59.1 Å². The van der Waals surface area contributed by atoms with E-state index in [-0.39, 0.29) is 120 Å². The van der Waals surface area contributed by atoms with Gasteiger partial charge in [-0.1, -0.05) is 0 Å². The van der Waals surface area contributed by atoms with Gasteiger partial charge in [0.25, 0.3) is 11.8 Å². The first-order valence-corrected chi connectivity index (χ1v) is 25.7. The molecule has 0 bridgehead atoms. The number of hydrogen-bond donors (Lipinski definition) is 0. The third kappa shape index (κ3) is 25.9. The number of rotatable bonds is 14. The zero-order valence-corrected chi connectivity index (χ0v) is 47.9. The molecule has 1 saturated heterocycles. The van der Waals surface area contributed by atoms with Crippen LogP contribution in [0.1, 0.15) is 59.1 Å². The molecule has 0 spiro atoms. The van der Waals surface area contributed by atoms with Gasteiger partial charge in [-0.15, -0.1) is 29.8 Å². The van der Waals surface area contributed by atoms with E-state index in [0.717, 1.165) is 28.1 Å². The van der Waals surface area contributed by atoms with Crippen molar-refractivity contribution in [3.8, 4) is 34.2 Å². The predicted molar refractivity (Wildman–Crippen MR) is 242 cm³/mol. The molecule has 1 fully saturated rings. The molecule has 0 N–H and O–H groups in total. The standard InChI is InChI=1S/C19H19N3O4.C12H12N2O6S2.C12H11N2O3S.2Na.O3S.Ru/c1-13-7-9-20-15(11-13)16-12-14(8-10-21-16)3-2-4-19(25)26-22-17(23)5-6-18(22)24;15-21(16,17)7-9-1-3-13-11(5-9)12-6-10(2-4-14-12)8-22(18,19)20;1-9-2-4-13-11(6-9)12-7-10(3-5-14-12)8-18(15,16)17;;;1-4(2)3;/h7-12H,2-6H2,1H3;1-6H,7-8H2,(H,15,16,17)(H,18,19,20);2-7H,1,8H2,(H,15,16,17);;;;/q;;-1;2*+1;;/p-3. The number of hydrogen-bond acceptors (Lipinski definition) is 22. The Hall–Kier alpha value is -4.65. The van der Waals surface area contributed by atoms with Crippen molar-refractivity contribution in [1.82, 2.24) is 35.0 Å². The van der Waals surface area contributed by atoms with Crippen molar-refractivity contribution in [3.63, 3.8) is 0 Å². The van der Waals surface area contributed by atoms with E-state index in [9.17, 15) is 53.3 Å². The summed E-state index contributed by atoms with van der Waals surface area (Å²) in [5.41, 5.74) is 7.02. The summed E-state index contributed by atoms with van der Waals surface area (Å²) < 4.78 is 122. The number of carbonyl (C=O) groups excluding carboxylic acids is 3. The number of aromatic nitrogens is 6. The molecule has 23 nitrogen and oxygen atoms in total. The molecule has 30 heteroatoms. The smallest absolute Gasteiger partial charge is 0.748 e. The predicted octanol–water partition coefficient (Wildman–Crippen LogP) is -3.01. The van der Waals surface area contributed by atoms with E-state index >= 15 is 0 Å². The third-order valence-corrected chi connectivity index (χ3v) is 11.0. The van der Waals surface area contributed by atoms with Crippen molar-refractivity contribution in [2.45, 2.75) is 56.3 Å². The summed E-state index contributed by atoms with van der Waals surface area (Å²) in [5, 5.41) is 0.580. The van der Waals surface area contributed by atoms with Crippen molar-refractivity contribution in [2.24, 2.45) is 0 Å². The number of carbonyl (C=O) groups is 3. The Bertz CT molecular complexity index is 3230. The molecule has 6 aromatic heterocycles. The first-order chi connectivity index (χ1) is 32.8. The summed E-state index contributed by atoms with van der Waals surface area (Å²) in [7, 11) is -16.3. The fraction of sp³-hybridized carbons (Fsp3) is 0.209. The van der Waals surface area contributed by atoms with Gasteiger partial charge < -0.3 is 18.5 Å². The average Bonchev–Trinajstić information content (AvgIpc) is 3.57. The summed E-state index contributed by atoms with van der Waals surface area (Å²) in [5.74, 6) is -3.43. The van der Waals surface area contributed by atoms with Gasteiger partial charge in [-0.05, 0) is 114 Å². The van der Waals surface area contributed by atoms with Crippen molar-refractivity contribution in [2.75, 3.05) is 0 Å². The van der Waals surface area contributed by atoms with E-state index in [4.69, 9.17) is 17.5 Å². The molecular weight excluding hydrogens is 1150 g/mol. The van der Waals surface area contributed by atoms with E-state index in [2.05, 4.69) is 36.8 Å². The molecule has 6 aromatic rings. The zero-order chi connectivity index (χ0) is 51.6. The van der Waals surface area contributed by atoms with Gasteiger partial charge in [-0.3, -0.25) is 39.5 Å². The van der Waals surface area contributed by atoms with Gasteiger partial charge in [0.2, 0.25) is 0 Å². The van der Waals surface area contributed by atoms with Crippen LogP contribution in [0.3, 0.4) is 0 Å². The molecule has 378 valence electrons. The number of hydroxylamine groups is 2. The van der Waals surface area contributed by atoms with Crippen LogP contribution in [-0.2, 0) is 103 Å². The molecule has 73 heavy (non-hydrogen) atoms. The fourth-order valence-corrected chi connectivity index (χ4v) is 7.79. The molecule has 0 aliphatic carbocycles. The van der Waals surface area contributed by atoms with Crippen LogP contribution >= 0.6 is 0 Å². The Morgan fingerprint density at radius 2 is 0.890 bits per heavy atom. The number of nitrogens with zero attached hydrogens (tertiary/aromatic N) is 7. The fourth-order valence-electron chi connectivity index (χ4n) is 6.03. The Morgan fingerprint density at radius 1 is 0.575 bits per heavy atom. The quantitative estimate of drug-likeness (QED) is 0.0454. The summed E-state index contributed by atoms with van der Waals surface area (Å²) in [6.07, 6.45) is 10.6. The van der Waals surface area contributed by atoms with Crippen LogP contribution in [-0.4, -0.2) is 104 Å². The first kappa shape index (κ1) is 66.4. The van der Waals surface area contributed by atoms with Gasteiger partial charge in [0.1, 0.15) is 0 Å². The minimum atomic E-state index is -4.43. The Kier molecular flexibility index (Phi) is 28.4. The second-order valence-electron chi connectivity index (χ2n) is 14.7. The normalized spacial score (nSPS) is 11.8. The number of imide groups is 1. The van der Waals surface area contributed by atoms with Crippen molar-refractivity contribution in [3.05, 3.63) is 150 Å². The molecule has 7 rings (SSSR count). The van der Waals surface area contributed by atoms with E-state index in [0.29, 0.717) is 34.9 Å². The van der Waals surface area contributed by atoms with Crippen LogP contribution in [0.25, 0.3) is 34.2 Å². The van der Waals surface area contributed by atoms with E-state index < -0.39 is 76.0 Å². The molecular formula is C43H39N7Na2O16RuS4-2. The van der Waals surface area contributed by atoms with Gasteiger partial charge in [0, 0.05) is 75.4 Å². The zero-order valence-electron chi connectivity index (χ0n) is 38.9. The van der Waals surface area contributed by atoms with Gasteiger partial charge >= 0.3 is 75.7 Å².